The van der Waals surface area contributed by atoms with E-state index >= 15 is 0 Å². The number of nitrogens with zero attached hydrogens (tertiary/aromatic N) is 2. The number of hydrogen-bond donors (Lipinski definition) is 1. The molecule has 4 rings (SSSR count). The molecule has 2 aliphatic rings. The Morgan fingerprint density at radius 1 is 1.21 bits per heavy atom. The molecule has 5 nitrogen and oxygen atoms in total. The molecule has 0 spiro atoms. The van der Waals surface area contributed by atoms with Crippen molar-refractivity contribution >= 4 is 0 Å². The van der Waals surface area contributed by atoms with Crippen LogP contribution in [0.25, 0.3) is 0 Å². The lowest BCUT2D eigenvalue weighted by atomic mass is 9.72. The summed E-state index contributed by atoms with van der Waals surface area (Å²) in [6, 6.07) is 21.1. The van der Waals surface area contributed by atoms with E-state index in [1.54, 1.807) is 7.11 Å². The minimum atomic E-state index is -0.812. The van der Waals surface area contributed by atoms with E-state index < -0.39 is 5.79 Å². The van der Waals surface area contributed by atoms with E-state index in [4.69, 9.17) is 15.2 Å². The van der Waals surface area contributed by atoms with Crippen molar-refractivity contribution in [1.82, 2.24) is 4.90 Å². The molecule has 0 aliphatic carbocycles. The topological polar surface area (TPSA) is 71.5 Å². The summed E-state index contributed by atoms with van der Waals surface area (Å²) in [6.45, 7) is 4.53. The molecule has 0 radical (unpaired) electrons. The van der Waals surface area contributed by atoms with Crippen LogP contribution < -0.4 is 5.73 Å². The van der Waals surface area contributed by atoms with Crippen LogP contribution in [0.15, 0.2) is 66.1 Å². The monoisotopic (exact) mass is 389 g/mol. The normalized spacial score (nSPS) is 27.1. The highest BCUT2D eigenvalue weighted by Crippen LogP contribution is 2.49. The van der Waals surface area contributed by atoms with Gasteiger partial charge in [-0.1, -0.05) is 60.2 Å². The summed E-state index contributed by atoms with van der Waals surface area (Å²) >= 11 is 0. The average Bonchev–Trinajstić information content (AvgIpc) is 2.74. The maximum Gasteiger partial charge on any atom is 0.218 e. The van der Waals surface area contributed by atoms with Gasteiger partial charge in [0.05, 0.1) is 5.57 Å². The maximum absolute atomic E-state index is 9.87. The van der Waals surface area contributed by atoms with Gasteiger partial charge in [-0.05, 0) is 18.1 Å². The Morgan fingerprint density at radius 3 is 2.59 bits per heavy atom. The van der Waals surface area contributed by atoms with Crippen molar-refractivity contribution in [2.45, 2.75) is 31.6 Å². The Morgan fingerprint density at radius 2 is 1.93 bits per heavy atom. The molecule has 2 aliphatic heterocycles. The van der Waals surface area contributed by atoms with Crippen LogP contribution in [0.4, 0.5) is 0 Å². The number of allylic oxidation sites excluding steroid dienone is 1. The van der Waals surface area contributed by atoms with E-state index in [1.165, 1.54) is 11.1 Å². The third kappa shape index (κ3) is 3.62. The molecule has 0 bridgehead atoms. The van der Waals surface area contributed by atoms with Crippen LogP contribution in [-0.4, -0.2) is 30.9 Å². The molecule has 2 N–H and O–H groups in total. The molecule has 1 saturated heterocycles. The molecular weight excluding hydrogens is 362 g/mol. The van der Waals surface area contributed by atoms with Crippen LogP contribution in [0, 0.1) is 24.2 Å². The van der Waals surface area contributed by atoms with Crippen molar-refractivity contribution in [3.63, 3.8) is 0 Å². The number of benzene rings is 2. The lowest BCUT2D eigenvalue weighted by Gasteiger charge is -2.51. The molecular formula is C24H27N3O2. The first-order chi connectivity index (χ1) is 14.1. The van der Waals surface area contributed by atoms with Gasteiger partial charge in [-0.15, -0.1) is 0 Å². The molecule has 0 unspecified atom stereocenters. The molecule has 0 saturated carbocycles. The van der Waals surface area contributed by atoms with Gasteiger partial charge in [0.1, 0.15) is 6.07 Å². The second-order valence-electron chi connectivity index (χ2n) is 7.97. The summed E-state index contributed by atoms with van der Waals surface area (Å²) in [5, 5.41) is 9.87. The highest BCUT2D eigenvalue weighted by Gasteiger charge is 2.54. The molecule has 3 atom stereocenters. The fourth-order valence-corrected chi connectivity index (χ4v) is 4.67. The number of likely N-dealkylation sites (tertiary alicyclic amines) is 1. The third-order valence-corrected chi connectivity index (χ3v) is 6.21. The number of nitriles is 1. The fourth-order valence-electron chi connectivity index (χ4n) is 4.67. The van der Waals surface area contributed by atoms with Gasteiger partial charge < -0.3 is 15.2 Å². The molecule has 2 aromatic carbocycles. The predicted octanol–water partition coefficient (Wildman–Crippen LogP) is 3.67. The molecule has 2 aromatic rings. The van der Waals surface area contributed by atoms with E-state index in [9.17, 15) is 5.26 Å². The number of ether oxygens (including phenoxy) is 2. The lowest BCUT2D eigenvalue weighted by Crippen LogP contribution is -2.58. The van der Waals surface area contributed by atoms with Crippen LogP contribution in [0.2, 0.25) is 0 Å². The number of fused-ring (bicyclic) bond motifs is 1. The highest BCUT2D eigenvalue weighted by atomic mass is 16.7. The highest BCUT2D eigenvalue weighted by molar-refractivity contribution is 5.42. The van der Waals surface area contributed by atoms with Gasteiger partial charge in [-0.25, -0.2) is 0 Å². The second-order valence-corrected chi connectivity index (χ2v) is 7.97. The van der Waals surface area contributed by atoms with Crippen LogP contribution in [0.1, 0.15) is 29.0 Å². The van der Waals surface area contributed by atoms with E-state index in [0.717, 1.165) is 25.2 Å². The smallest absolute Gasteiger partial charge is 0.218 e. The van der Waals surface area contributed by atoms with E-state index in [0.29, 0.717) is 12.0 Å². The summed E-state index contributed by atoms with van der Waals surface area (Å²) < 4.78 is 12.0. The van der Waals surface area contributed by atoms with Gasteiger partial charge in [0.2, 0.25) is 11.7 Å². The quantitative estimate of drug-likeness (QED) is 0.864. The van der Waals surface area contributed by atoms with Crippen molar-refractivity contribution in [3.05, 3.63) is 82.7 Å². The van der Waals surface area contributed by atoms with Crippen molar-refractivity contribution in [1.29, 1.82) is 5.26 Å². The molecule has 0 amide bonds. The minimum absolute atomic E-state index is 0.0328. The number of aryl methyl sites for hydroxylation is 1. The number of piperidine rings is 1. The zero-order valence-electron chi connectivity index (χ0n) is 17.0. The summed E-state index contributed by atoms with van der Waals surface area (Å²) in [4.78, 5) is 2.42. The largest absolute Gasteiger partial charge is 0.446 e. The van der Waals surface area contributed by atoms with Crippen molar-refractivity contribution in [2.75, 3.05) is 20.2 Å². The first-order valence-corrected chi connectivity index (χ1v) is 10.0. The average molecular weight is 389 g/mol. The number of hydrogen-bond acceptors (Lipinski definition) is 5. The number of nitrogens with two attached hydrogens (primary N) is 1. The molecule has 2 heterocycles. The Kier molecular flexibility index (Phi) is 5.31. The first-order valence-electron chi connectivity index (χ1n) is 10.0. The molecule has 5 heteroatoms. The molecule has 0 aromatic heterocycles. The Hall–Kier alpha value is -2.81. The van der Waals surface area contributed by atoms with Crippen LogP contribution in [0.3, 0.4) is 0 Å². The molecule has 1 fully saturated rings. The lowest BCUT2D eigenvalue weighted by molar-refractivity contribution is -0.266. The van der Waals surface area contributed by atoms with Crippen LogP contribution >= 0.6 is 0 Å². The van der Waals surface area contributed by atoms with Crippen molar-refractivity contribution < 1.29 is 9.47 Å². The SMILES string of the molecule is CO[C@@]12CCN(Cc3ccccc3)C[C@H]1[C@H](c1ccc(C)cc1)C(C#N)=C(N)O2. The summed E-state index contributed by atoms with van der Waals surface area (Å²) in [6.07, 6.45) is 0.697. The number of methoxy groups -OCH3 is 1. The Balaban J connectivity index is 1.71. The Bertz CT molecular complexity index is 933. The van der Waals surface area contributed by atoms with Gasteiger partial charge in [-0.3, -0.25) is 4.90 Å². The van der Waals surface area contributed by atoms with Crippen LogP contribution in [-0.2, 0) is 16.0 Å². The zero-order valence-corrected chi connectivity index (χ0v) is 17.0. The molecule has 29 heavy (non-hydrogen) atoms. The van der Waals surface area contributed by atoms with Gasteiger partial charge in [0.15, 0.2) is 0 Å². The van der Waals surface area contributed by atoms with E-state index in [1.807, 2.05) is 6.07 Å². The molecule has 150 valence electrons. The van der Waals surface area contributed by atoms with Gasteiger partial charge >= 0.3 is 0 Å². The number of rotatable bonds is 4. The Labute approximate surface area is 172 Å². The van der Waals surface area contributed by atoms with Crippen LogP contribution in [0.5, 0.6) is 0 Å². The summed E-state index contributed by atoms with van der Waals surface area (Å²) in [5.41, 5.74) is 10.2. The third-order valence-electron chi connectivity index (χ3n) is 6.21. The first kappa shape index (κ1) is 19.5. The van der Waals surface area contributed by atoms with Gasteiger partial charge in [0.25, 0.3) is 0 Å². The fraction of sp³-hybridized carbons (Fsp3) is 0.375. The standard InChI is InChI=1S/C24H27N3O2/c1-17-8-10-19(11-9-17)22-20(14-25)23(26)29-24(28-2)12-13-27(16-21(22)24)15-18-6-4-3-5-7-18/h3-11,21-22H,12-13,15-16,26H2,1-2H3/t21-,22+,24+/m0/s1. The van der Waals surface area contributed by atoms with Gasteiger partial charge in [0, 0.05) is 45.0 Å². The van der Waals surface area contributed by atoms with E-state index in [-0.39, 0.29) is 17.7 Å². The summed E-state index contributed by atoms with van der Waals surface area (Å²) in [7, 11) is 1.68. The van der Waals surface area contributed by atoms with Crippen molar-refractivity contribution in [3.8, 4) is 6.07 Å². The zero-order chi connectivity index (χ0) is 20.4. The summed E-state index contributed by atoms with van der Waals surface area (Å²) in [5.74, 6) is -0.817. The maximum atomic E-state index is 9.87. The van der Waals surface area contributed by atoms with E-state index in [2.05, 4.69) is 66.4 Å². The minimum Gasteiger partial charge on any atom is -0.446 e. The van der Waals surface area contributed by atoms with Gasteiger partial charge in [-0.2, -0.15) is 5.26 Å². The second kappa shape index (κ2) is 7.90. The van der Waals surface area contributed by atoms with Crippen molar-refractivity contribution in [2.24, 2.45) is 11.7 Å². The predicted molar refractivity (Wildman–Crippen MR) is 111 cm³/mol.